The Hall–Kier alpha value is -2.89. The van der Waals surface area contributed by atoms with Gasteiger partial charge in [0.1, 0.15) is 10.1 Å². The first kappa shape index (κ1) is 46.8. The molecule has 1 heterocycles. The second-order valence-corrected chi connectivity index (χ2v) is 20.2. The summed E-state index contributed by atoms with van der Waals surface area (Å²) in [4.78, 5) is 4.50. The van der Waals surface area contributed by atoms with Crippen LogP contribution in [0.2, 0.25) is 0 Å². The van der Waals surface area contributed by atoms with Crippen molar-refractivity contribution in [1.29, 1.82) is 0 Å². The molecule has 1 aliphatic carbocycles. The van der Waals surface area contributed by atoms with E-state index in [1.54, 1.807) is 36.4 Å². The van der Waals surface area contributed by atoms with Crippen LogP contribution in [-0.4, -0.2) is 30.4 Å². The summed E-state index contributed by atoms with van der Waals surface area (Å²) in [5.41, 5.74) is 6.79. The van der Waals surface area contributed by atoms with E-state index in [1.165, 1.54) is 27.3 Å². The van der Waals surface area contributed by atoms with Crippen LogP contribution in [0.25, 0.3) is 33.4 Å². The van der Waals surface area contributed by atoms with Gasteiger partial charge in [-0.25, -0.2) is 8.42 Å². The van der Waals surface area contributed by atoms with Gasteiger partial charge < -0.3 is 4.55 Å². The fourth-order valence-electron chi connectivity index (χ4n) is 6.67. The molecule has 290 valence electrons. The first-order valence-electron chi connectivity index (χ1n) is 18.1. The molecule has 1 aliphatic heterocycles. The summed E-state index contributed by atoms with van der Waals surface area (Å²) >= 11 is -0.247. The van der Waals surface area contributed by atoms with Crippen molar-refractivity contribution < 1.29 is 89.3 Å². The van der Waals surface area contributed by atoms with Crippen LogP contribution in [-0.2, 0) is 20.2 Å². The molecule has 0 bridgehead atoms. The van der Waals surface area contributed by atoms with Crippen LogP contribution in [0.3, 0.4) is 0 Å². The van der Waals surface area contributed by atoms with E-state index in [0.717, 1.165) is 22.2 Å². The first-order valence-corrected chi connectivity index (χ1v) is 23.6. The third kappa shape index (κ3) is 10.3. The quantitative estimate of drug-likeness (QED) is 0.0465. The van der Waals surface area contributed by atoms with Gasteiger partial charge in [-0.1, -0.05) is 27.7 Å². The third-order valence-electron chi connectivity index (χ3n) is 9.35. The molecule has 0 fully saturated rings. The number of fused-ring (bicyclic) bond motifs is 2. The van der Waals surface area contributed by atoms with E-state index >= 15 is 0 Å². The molecule has 0 spiro atoms. The van der Waals surface area contributed by atoms with Gasteiger partial charge in [0, 0.05) is 0 Å². The second-order valence-electron chi connectivity index (χ2n) is 14.4. The van der Waals surface area contributed by atoms with Crippen molar-refractivity contribution in [2.75, 3.05) is 9.74 Å². The summed E-state index contributed by atoms with van der Waals surface area (Å²) in [5.74, 6) is 0.376. The Morgan fingerprint density at radius 2 is 1.47 bits per heavy atom. The zero-order valence-corrected chi connectivity index (χ0v) is 37.6. The zero-order valence-electron chi connectivity index (χ0n) is 33.8. The van der Waals surface area contributed by atoms with Crippen molar-refractivity contribution in [3.8, 4) is 22.5 Å². The molecule has 9 nitrogen and oxygen atoms in total. The van der Waals surface area contributed by atoms with Gasteiger partial charge in [0.05, 0.1) is 4.90 Å². The fourth-order valence-corrected chi connectivity index (χ4v) is 10.3. The maximum absolute atomic E-state index is 12.7. The van der Waals surface area contributed by atoms with Crippen molar-refractivity contribution in [2.24, 2.45) is 4.99 Å². The molecule has 14 heteroatoms. The largest absolute Gasteiger partial charge is 1.00 e. The smallest absolute Gasteiger partial charge is 1.00 e. The average molecular weight is 906 g/mol. The van der Waals surface area contributed by atoms with Gasteiger partial charge in [-0.15, -0.1) is 0 Å². The van der Waals surface area contributed by atoms with E-state index in [2.05, 4.69) is 38.2 Å². The molecule has 0 aromatic heterocycles. The summed E-state index contributed by atoms with van der Waals surface area (Å²) in [6.07, 6.45) is 1.10. The molecule has 0 saturated carbocycles. The molecule has 2 N–H and O–H groups in total. The van der Waals surface area contributed by atoms with Gasteiger partial charge in [-0.2, -0.15) is 0 Å². The molecule has 4 aromatic carbocycles. The Morgan fingerprint density at radius 3 is 2.07 bits per heavy atom. The van der Waals surface area contributed by atoms with Crippen LogP contribution in [0, 0.1) is 9.64 Å². The molecule has 2 aliphatic rings. The molecule has 0 unspecified atom stereocenters. The third-order valence-corrected chi connectivity index (χ3v) is 14.4. The van der Waals surface area contributed by atoms with Crippen LogP contribution in [0.15, 0.2) is 104 Å². The summed E-state index contributed by atoms with van der Waals surface area (Å²) in [6.45, 7) is 14.2. The summed E-state index contributed by atoms with van der Waals surface area (Å²) in [6, 6.07) is 27.7. The maximum Gasteiger partial charge on any atom is 1.00 e. The topological polar surface area (TPSA) is 149 Å². The Kier molecular flexibility index (Phi) is 15.6. The summed E-state index contributed by atoms with van der Waals surface area (Å²) in [7, 11) is -9.32. The summed E-state index contributed by atoms with van der Waals surface area (Å²) in [5, 5.41) is 4.83. The van der Waals surface area contributed by atoms with Gasteiger partial charge in [0.25, 0.3) is 0 Å². The maximum atomic E-state index is 12.7. The van der Waals surface area contributed by atoms with Crippen molar-refractivity contribution in [3.05, 3.63) is 117 Å². The predicted molar refractivity (Wildman–Crippen MR) is 212 cm³/mol. The Labute approximate surface area is 370 Å². The standard InChI is InChI=1S/C43H45IN2O7S2.2Li/c1-8-20-44-37-14-11-13-31(25(2)3)43(37)46-29-17-19-33-39(22-29)53-38-21-28(16-18-32(38)41(33)34-12-9-10-15-40(34)55(50,51)52)45-42-35(26(4)5)23-30(54(47,48)49)24-36(42)27(6)7;;/h9-10,12-19,21-27,46H,8,20H2,1-7H3,(H,47,48,49)(H,50,51,52);;/q-2;2*+1/p-1. The minimum Gasteiger partial charge on any atom is 1.00 e. The predicted octanol–water partition coefficient (Wildman–Crippen LogP) is 1.18. The van der Waals surface area contributed by atoms with Crippen molar-refractivity contribution in [1.82, 2.24) is 0 Å². The molecule has 0 radical (unpaired) electrons. The van der Waals surface area contributed by atoms with Gasteiger partial charge in [-0.05, 0) is 35.1 Å². The van der Waals surface area contributed by atoms with Crippen LogP contribution in [0.5, 0.6) is 0 Å². The normalized spacial score (nSPS) is 12.5. The van der Waals surface area contributed by atoms with Gasteiger partial charge in [-0.3, -0.25) is 0 Å². The number of hydrogen-bond donors (Lipinski definition) is 2. The number of nitrogens with one attached hydrogen (secondary N) is 1. The van der Waals surface area contributed by atoms with Crippen molar-refractivity contribution >= 4 is 48.3 Å². The minimum atomic E-state index is -4.71. The van der Waals surface area contributed by atoms with Crippen LogP contribution in [0.4, 0.5) is 17.1 Å². The molecule has 57 heavy (non-hydrogen) atoms. The SMILES string of the molecule is CCC[I-]c1c[c-]cc(C(C)C)c1Nc1ccc2c(-c3ccccc3S(=O)(=O)O)c3ccc(=Nc4c(C(C)C)cc(S(=O)(=O)[O-])cc4C(C)C)cc-3oc2c1.[Li+].[Li+]. The van der Waals surface area contributed by atoms with Gasteiger partial charge in [0.15, 0.2) is 0 Å². The molecule has 0 saturated heterocycles. The Balaban J connectivity index is 0.00000360. The van der Waals surface area contributed by atoms with E-state index in [1.807, 2.05) is 52.0 Å². The number of hydrogen-bond acceptors (Lipinski definition) is 8. The first-order chi connectivity index (χ1) is 26.0. The van der Waals surface area contributed by atoms with E-state index in [9.17, 15) is 25.9 Å². The monoisotopic (exact) mass is 905 g/mol. The van der Waals surface area contributed by atoms with Crippen molar-refractivity contribution in [2.45, 2.75) is 82.4 Å². The molecule has 0 amide bonds. The van der Waals surface area contributed by atoms with E-state index in [4.69, 9.17) is 9.41 Å². The number of nitrogens with zero attached hydrogens (tertiary/aromatic N) is 1. The van der Waals surface area contributed by atoms with Crippen molar-refractivity contribution in [3.63, 3.8) is 0 Å². The number of halogens is 1. The second kappa shape index (κ2) is 19.0. The van der Waals surface area contributed by atoms with Crippen LogP contribution < -0.4 is 69.6 Å². The summed E-state index contributed by atoms with van der Waals surface area (Å²) < 4.78 is 81.2. The van der Waals surface area contributed by atoms with E-state index in [-0.39, 0.29) is 86.5 Å². The Bertz CT molecular complexity index is 2650. The van der Waals surface area contributed by atoms with Gasteiger partial charge in [0.2, 0.25) is 0 Å². The molecular weight excluding hydrogens is 861 g/mol. The fraction of sp³-hybridized carbons (Fsp3) is 0.279. The van der Waals surface area contributed by atoms with Crippen LogP contribution in [0.1, 0.15) is 89.3 Å². The average Bonchev–Trinajstić information content (AvgIpc) is 3.12. The van der Waals surface area contributed by atoms with Crippen LogP contribution >= 0.6 is 0 Å². The van der Waals surface area contributed by atoms with Gasteiger partial charge >= 0.3 is 283 Å². The molecule has 0 atom stereocenters. The zero-order chi connectivity index (χ0) is 39.8. The number of alkyl halides is 1. The number of anilines is 2. The number of rotatable bonds is 12. The van der Waals surface area contributed by atoms with E-state index in [0.29, 0.717) is 55.6 Å². The van der Waals surface area contributed by atoms with E-state index < -0.39 is 20.2 Å². The minimum absolute atomic E-state index is 0. The number of benzene rings is 5. The molecular formula is C43H44ILi2N2O7S2-. The molecule has 4 aromatic rings. The molecule has 6 rings (SSSR count). The Morgan fingerprint density at radius 1 is 0.825 bits per heavy atom.